The lowest BCUT2D eigenvalue weighted by Gasteiger charge is -1.94. The third-order valence-electron chi connectivity index (χ3n) is 1.71. The molecule has 2 rings (SSSR count). The molecule has 0 saturated carbocycles. The Balaban J connectivity index is 2.76. The number of aromatic nitrogens is 2. The summed E-state index contributed by atoms with van der Waals surface area (Å²) in [6.45, 7) is 0. The molecule has 13 heavy (non-hydrogen) atoms. The third kappa shape index (κ3) is 1.31. The fourth-order valence-electron chi connectivity index (χ4n) is 1.12. The SMILES string of the molecule is O=C(O)c1cnn2cc(Br)ccc12. The molecule has 0 unspecified atom stereocenters. The normalized spacial score (nSPS) is 10.5. The maximum absolute atomic E-state index is 10.7. The highest BCUT2D eigenvalue weighted by Crippen LogP contribution is 2.14. The van der Waals surface area contributed by atoms with Crippen LogP contribution in [-0.4, -0.2) is 20.7 Å². The van der Waals surface area contributed by atoms with Gasteiger partial charge in [-0.05, 0) is 28.1 Å². The first-order valence-electron chi connectivity index (χ1n) is 3.54. The summed E-state index contributed by atoms with van der Waals surface area (Å²) in [5.41, 5.74) is 0.809. The highest BCUT2D eigenvalue weighted by atomic mass is 79.9. The zero-order valence-electron chi connectivity index (χ0n) is 6.44. The van der Waals surface area contributed by atoms with E-state index in [-0.39, 0.29) is 5.56 Å². The van der Waals surface area contributed by atoms with Gasteiger partial charge in [-0.2, -0.15) is 5.10 Å². The van der Waals surface area contributed by atoms with Crippen LogP contribution in [0, 0.1) is 0 Å². The molecule has 5 heteroatoms. The van der Waals surface area contributed by atoms with Crippen LogP contribution in [0.1, 0.15) is 10.4 Å². The van der Waals surface area contributed by atoms with E-state index in [1.165, 1.54) is 10.7 Å². The molecule has 0 aromatic carbocycles. The lowest BCUT2D eigenvalue weighted by molar-refractivity contribution is 0.0699. The minimum atomic E-state index is -0.961. The standard InChI is InChI=1S/C8H5BrN2O2/c9-5-1-2-7-6(8(12)13)3-10-11(7)4-5/h1-4H,(H,12,13). The number of fused-ring (bicyclic) bond motifs is 1. The molecule has 0 fully saturated rings. The van der Waals surface area contributed by atoms with Crippen LogP contribution in [0.15, 0.2) is 29.0 Å². The van der Waals surface area contributed by atoms with Crippen LogP contribution in [-0.2, 0) is 0 Å². The van der Waals surface area contributed by atoms with Crippen molar-refractivity contribution in [2.75, 3.05) is 0 Å². The molecule has 2 aromatic heterocycles. The highest BCUT2D eigenvalue weighted by molar-refractivity contribution is 9.10. The summed E-state index contributed by atoms with van der Waals surface area (Å²) in [7, 11) is 0. The number of halogens is 1. The largest absolute Gasteiger partial charge is 0.478 e. The Bertz CT molecular complexity index is 478. The van der Waals surface area contributed by atoms with E-state index in [2.05, 4.69) is 21.0 Å². The van der Waals surface area contributed by atoms with Crippen LogP contribution >= 0.6 is 15.9 Å². The number of carbonyl (C=O) groups is 1. The van der Waals surface area contributed by atoms with Gasteiger partial charge in [-0.15, -0.1) is 0 Å². The first-order valence-corrected chi connectivity index (χ1v) is 4.34. The van der Waals surface area contributed by atoms with Crippen molar-refractivity contribution >= 4 is 27.4 Å². The van der Waals surface area contributed by atoms with Crippen molar-refractivity contribution in [1.29, 1.82) is 0 Å². The average Bonchev–Trinajstić information content (AvgIpc) is 2.46. The molecule has 0 spiro atoms. The Morgan fingerprint density at radius 3 is 3.00 bits per heavy atom. The second-order valence-electron chi connectivity index (χ2n) is 2.54. The van der Waals surface area contributed by atoms with E-state index >= 15 is 0 Å². The third-order valence-corrected chi connectivity index (χ3v) is 2.18. The highest BCUT2D eigenvalue weighted by Gasteiger charge is 2.10. The smallest absolute Gasteiger partial charge is 0.339 e. The summed E-state index contributed by atoms with van der Waals surface area (Å²) in [6, 6.07) is 3.49. The molecule has 66 valence electrons. The molecule has 2 aromatic rings. The van der Waals surface area contributed by atoms with Gasteiger partial charge in [0.25, 0.3) is 0 Å². The summed E-state index contributed by atoms with van der Waals surface area (Å²) in [6.07, 6.45) is 3.05. The van der Waals surface area contributed by atoms with Crippen LogP contribution in [0.4, 0.5) is 0 Å². The van der Waals surface area contributed by atoms with Gasteiger partial charge < -0.3 is 5.11 Å². The van der Waals surface area contributed by atoms with E-state index in [0.29, 0.717) is 5.52 Å². The average molecular weight is 241 g/mol. The lowest BCUT2D eigenvalue weighted by atomic mass is 10.3. The van der Waals surface area contributed by atoms with Gasteiger partial charge >= 0.3 is 5.97 Å². The molecule has 0 aliphatic heterocycles. The molecule has 4 nitrogen and oxygen atoms in total. The summed E-state index contributed by atoms with van der Waals surface area (Å²) >= 11 is 3.27. The topological polar surface area (TPSA) is 54.6 Å². The molecular formula is C8H5BrN2O2. The summed E-state index contributed by atoms with van der Waals surface area (Å²) < 4.78 is 2.38. The number of hydrogen-bond acceptors (Lipinski definition) is 2. The van der Waals surface area contributed by atoms with Crippen LogP contribution in [0.25, 0.3) is 5.52 Å². The molecule has 0 aliphatic carbocycles. The molecule has 0 aliphatic rings. The monoisotopic (exact) mass is 240 g/mol. The first kappa shape index (κ1) is 8.25. The van der Waals surface area contributed by atoms with Gasteiger partial charge in [0.15, 0.2) is 0 Å². The van der Waals surface area contributed by atoms with Gasteiger partial charge in [0, 0.05) is 10.7 Å². The van der Waals surface area contributed by atoms with Crippen molar-refractivity contribution in [3.8, 4) is 0 Å². The predicted octanol–water partition coefficient (Wildman–Crippen LogP) is 1.79. The van der Waals surface area contributed by atoms with Gasteiger partial charge in [-0.25, -0.2) is 9.31 Å². The van der Waals surface area contributed by atoms with Gasteiger partial charge in [-0.3, -0.25) is 0 Å². The van der Waals surface area contributed by atoms with Crippen molar-refractivity contribution in [1.82, 2.24) is 9.61 Å². The van der Waals surface area contributed by atoms with E-state index in [0.717, 1.165) is 4.47 Å². The zero-order chi connectivity index (χ0) is 9.42. The van der Waals surface area contributed by atoms with Crippen LogP contribution in [0.2, 0.25) is 0 Å². The van der Waals surface area contributed by atoms with E-state index < -0.39 is 5.97 Å². The van der Waals surface area contributed by atoms with Gasteiger partial charge in [0.1, 0.15) is 5.56 Å². The number of carboxylic acids is 1. The van der Waals surface area contributed by atoms with Crippen LogP contribution in [0.5, 0.6) is 0 Å². The summed E-state index contributed by atoms with van der Waals surface area (Å²) in [5.74, 6) is -0.961. The first-order chi connectivity index (χ1) is 6.18. The fourth-order valence-corrected chi connectivity index (χ4v) is 1.45. The molecule has 0 saturated heterocycles. The maximum Gasteiger partial charge on any atom is 0.339 e. The maximum atomic E-state index is 10.7. The van der Waals surface area contributed by atoms with Crippen molar-refractivity contribution in [3.05, 3.63) is 34.6 Å². The molecule has 0 atom stereocenters. The van der Waals surface area contributed by atoms with Crippen molar-refractivity contribution in [2.24, 2.45) is 0 Å². The Morgan fingerprint density at radius 2 is 2.31 bits per heavy atom. The van der Waals surface area contributed by atoms with Gasteiger partial charge in [0.05, 0.1) is 11.7 Å². The van der Waals surface area contributed by atoms with Gasteiger partial charge in [0.2, 0.25) is 0 Å². The molecule has 1 N–H and O–H groups in total. The Kier molecular flexibility index (Phi) is 1.81. The van der Waals surface area contributed by atoms with Gasteiger partial charge in [-0.1, -0.05) is 0 Å². The number of aromatic carboxylic acids is 1. The van der Waals surface area contributed by atoms with E-state index in [4.69, 9.17) is 5.11 Å². The van der Waals surface area contributed by atoms with Crippen molar-refractivity contribution < 1.29 is 9.90 Å². The van der Waals surface area contributed by atoms with E-state index in [1.807, 2.05) is 0 Å². The molecule has 0 radical (unpaired) electrons. The summed E-state index contributed by atoms with van der Waals surface area (Å²) in [4.78, 5) is 10.7. The Labute approximate surface area is 81.9 Å². The number of rotatable bonds is 1. The molecule has 0 bridgehead atoms. The molecular weight excluding hydrogens is 236 g/mol. The van der Waals surface area contributed by atoms with Crippen molar-refractivity contribution in [3.63, 3.8) is 0 Å². The molecule has 0 amide bonds. The second-order valence-corrected chi connectivity index (χ2v) is 3.46. The number of pyridine rings is 1. The number of hydrogen-bond donors (Lipinski definition) is 1. The number of carboxylic acid groups (broad SMARTS) is 1. The minimum Gasteiger partial charge on any atom is -0.478 e. The lowest BCUT2D eigenvalue weighted by Crippen LogP contribution is -1.94. The van der Waals surface area contributed by atoms with Crippen LogP contribution < -0.4 is 0 Å². The second kappa shape index (κ2) is 2.85. The minimum absolute atomic E-state index is 0.215. The fraction of sp³-hybridized carbons (Fsp3) is 0. The van der Waals surface area contributed by atoms with E-state index in [1.54, 1.807) is 18.3 Å². The zero-order valence-corrected chi connectivity index (χ0v) is 8.02. The number of nitrogens with zero attached hydrogens (tertiary/aromatic N) is 2. The predicted molar refractivity (Wildman–Crippen MR) is 49.9 cm³/mol. The van der Waals surface area contributed by atoms with Crippen LogP contribution in [0.3, 0.4) is 0 Å². The van der Waals surface area contributed by atoms with Crippen molar-refractivity contribution in [2.45, 2.75) is 0 Å². The quantitative estimate of drug-likeness (QED) is 0.828. The Hall–Kier alpha value is -1.36. The Morgan fingerprint density at radius 1 is 1.54 bits per heavy atom. The molecule has 2 heterocycles. The van der Waals surface area contributed by atoms with E-state index in [9.17, 15) is 4.79 Å². The summed E-state index contributed by atoms with van der Waals surface area (Å²) in [5, 5.41) is 12.7.